The van der Waals surface area contributed by atoms with Gasteiger partial charge >= 0.3 is 0 Å². The average Bonchev–Trinajstić information content (AvgIpc) is 2.89. The minimum absolute atomic E-state index is 0.134. The Morgan fingerprint density at radius 2 is 1.06 bits per heavy atom. The first-order valence-corrected chi connectivity index (χ1v) is 13.1. The van der Waals surface area contributed by atoms with Gasteiger partial charge in [-0.2, -0.15) is 0 Å². The van der Waals surface area contributed by atoms with Crippen molar-refractivity contribution in [2.75, 3.05) is 13.2 Å². The summed E-state index contributed by atoms with van der Waals surface area (Å²) in [4.78, 5) is 21.9. The van der Waals surface area contributed by atoms with Gasteiger partial charge in [-0.1, -0.05) is 24.3 Å². The van der Waals surface area contributed by atoms with E-state index >= 15 is 0 Å². The van der Waals surface area contributed by atoms with Crippen LogP contribution in [0.1, 0.15) is 85.5 Å². The molecule has 0 saturated heterocycles. The summed E-state index contributed by atoms with van der Waals surface area (Å²) < 4.78 is 35.1. The molecule has 0 unspecified atom stereocenters. The maximum atomic E-state index is 14.7. The maximum Gasteiger partial charge on any atom is 0.126 e. The molecule has 2 fully saturated rings. The monoisotopic (exact) mass is 482 g/mol. The molecule has 2 aliphatic carbocycles. The number of aldehydes is 2. The summed E-state index contributed by atoms with van der Waals surface area (Å²) in [5.41, 5.74) is 3.35. The Balaban J connectivity index is 1.19. The molecule has 0 aromatic heterocycles. The lowest BCUT2D eigenvalue weighted by molar-refractivity contribution is -0.112. The number of ether oxygens (including phenoxy) is 1. The van der Waals surface area contributed by atoms with E-state index in [4.69, 9.17) is 4.74 Å². The lowest BCUT2D eigenvalue weighted by atomic mass is 9.79. The second-order valence-electron chi connectivity index (χ2n) is 10.3. The van der Waals surface area contributed by atoms with Crippen molar-refractivity contribution in [3.05, 3.63) is 70.3 Å². The highest BCUT2D eigenvalue weighted by Gasteiger charge is 2.25. The van der Waals surface area contributed by atoms with Crippen molar-refractivity contribution in [2.24, 2.45) is 11.8 Å². The summed E-state index contributed by atoms with van der Waals surface area (Å²) in [5.74, 6) is 0.354. The van der Waals surface area contributed by atoms with Gasteiger partial charge in [-0.15, -0.1) is 0 Å². The molecule has 4 rings (SSSR count). The smallest absolute Gasteiger partial charge is 0.126 e. The third-order valence-corrected chi connectivity index (χ3v) is 8.01. The summed E-state index contributed by atoms with van der Waals surface area (Å²) >= 11 is 0. The molecular formula is C30H36F2O3. The van der Waals surface area contributed by atoms with E-state index in [9.17, 15) is 18.4 Å². The molecule has 0 spiro atoms. The highest BCUT2D eigenvalue weighted by Crippen LogP contribution is 2.37. The fraction of sp³-hybridized carbons (Fsp3) is 0.533. The Morgan fingerprint density at radius 3 is 1.40 bits per heavy atom. The molecule has 0 bridgehead atoms. The first-order valence-electron chi connectivity index (χ1n) is 13.1. The maximum absolute atomic E-state index is 14.7. The van der Waals surface area contributed by atoms with Gasteiger partial charge in [0.1, 0.15) is 24.2 Å². The number of carbonyl (C=O) groups excluding carboxylic acids is 2. The first kappa shape index (κ1) is 25.7. The molecule has 35 heavy (non-hydrogen) atoms. The van der Waals surface area contributed by atoms with Gasteiger partial charge in [-0.25, -0.2) is 8.78 Å². The van der Waals surface area contributed by atoms with Gasteiger partial charge in [0.05, 0.1) is 13.2 Å². The van der Waals surface area contributed by atoms with Gasteiger partial charge in [-0.05, 0) is 110 Å². The molecule has 0 radical (unpaired) electrons. The predicted octanol–water partition coefficient (Wildman–Crippen LogP) is 6.71. The molecule has 188 valence electrons. The van der Waals surface area contributed by atoms with E-state index in [2.05, 4.69) is 0 Å². The Labute approximate surface area is 207 Å². The molecular weight excluding hydrogens is 446 g/mol. The van der Waals surface area contributed by atoms with Crippen LogP contribution in [0, 0.1) is 23.5 Å². The van der Waals surface area contributed by atoms with Crippen molar-refractivity contribution < 1.29 is 23.1 Å². The van der Waals surface area contributed by atoms with Gasteiger partial charge in [-0.3, -0.25) is 0 Å². The molecule has 2 aromatic rings. The number of rotatable bonds is 10. The van der Waals surface area contributed by atoms with Gasteiger partial charge in [0.15, 0.2) is 0 Å². The number of halogens is 2. The van der Waals surface area contributed by atoms with E-state index in [0.717, 1.165) is 86.2 Å². The van der Waals surface area contributed by atoms with E-state index in [0.29, 0.717) is 26.1 Å². The van der Waals surface area contributed by atoms with E-state index in [1.807, 2.05) is 24.3 Å². The van der Waals surface area contributed by atoms with Crippen LogP contribution in [0.2, 0.25) is 0 Å². The van der Waals surface area contributed by atoms with Crippen LogP contribution in [0.4, 0.5) is 8.78 Å². The van der Waals surface area contributed by atoms with Crippen LogP contribution >= 0.6 is 0 Å². The summed E-state index contributed by atoms with van der Waals surface area (Å²) in [5, 5.41) is 0. The number of hydrogen-bond donors (Lipinski definition) is 0. The Bertz CT molecular complexity index is 910. The Hall–Kier alpha value is -2.40. The minimum Gasteiger partial charge on any atom is -0.381 e. The molecule has 0 amide bonds. The Kier molecular flexibility index (Phi) is 9.19. The van der Waals surface area contributed by atoms with Crippen LogP contribution in [-0.4, -0.2) is 25.8 Å². The zero-order chi connectivity index (χ0) is 24.6. The van der Waals surface area contributed by atoms with Crippen molar-refractivity contribution in [3.8, 4) is 0 Å². The number of carbonyl (C=O) groups is 2. The fourth-order valence-electron chi connectivity index (χ4n) is 5.73. The van der Waals surface area contributed by atoms with Gasteiger partial charge < -0.3 is 14.3 Å². The number of benzene rings is 2. The summed E-state index contributed by atoms with van der Waals surface area (Å²) in [6, 6.07) is 11.0. The molecule has 2 saturated carbocycles. The van der Waals surface area contributed by atoms with Crippen LogP contribution in [0.25, 0.3) is 0 Å². The molecule has 3 nitrogen and oxygen atoms in total. The van der Waals surface area contributed by atoms with Crippen LogP contribution in [0.5, 0.6) is 0 Å². The minimum atomic E-state index is -0.160. The summed E-state index contributed by atoms with van der Waals surface area (Å²) in [6.45, 7) is 0.980. The predicted molar refractivity (Wildman–Crippen MR) is 133 cm³/mol. The van der Waals surface area contributed by atoms with Crippen molar-refractivity contribution in [3.63, 3.8) is 0 Å². The highest BCUT2D eigenvalue weighted by atomic mass is 19.1. The van der Waals surface area contributed by atoms with E-state index in [-0.39, 0.29) is 35.3 Å². The normalized spacial score (nSPS) is 24.7. The quantitative estimate of drug-likeness (QED) is 0.279. The zero-order valence-electron chi connectivity index (χ0n) is 20.4. The molecule has 5 heteroatoms. The van der Waals surface area contributed by atoms with Gasteiger partial charge in [0, 0.05) is 11.8 Å². The van der Waals surface area contributed by atoms with Crippen molar-refractivity contribution in [1.82, 2.24) is 0 Å². The summed E-state index contributed by atoms with van der Waals surface area (Å²) in [7, 11) is 0. The molecule has 0 atom stereocenters. The van der Waals surface area contributed by atoms with Crippen LogP contribution in [0.3, 0.4) is 0 Å². The standard InChI is InChI=1S/C30H36F2O3/c31-29-17-21(5-11-27(29)25-7-1-23(19-33)2-8-25)13-15-35-16-14-22-6-12-28(30(32)18-22)26-9-3-24(20-34)4-10-26/h5-6,11-12,17-20,23-26H,1-4,7-10,13-16H2. The van der Waals surface area contributed by atoms with E-state index in [1.54, 1.807) is 12.1 Å². The lowest BCUT2D eigenvalue weighted by Crippen LogP contribution is -2.15. The van der Waals surface area contributed by atoms with Crippen molar-refractivity contribution in [2.45, 2.75) is 76.0 Å². The van der Waals surface area contributed by atoms with Gasteiger partial charge in [0.2, 0.25) is 0 Å². The molecule has 0 N–H and O–H groups in total. The molecule has 0 aliphatic heterocycles. The third-order valence-electron chi connectivity index (χ3n) is 8.01. The lowest BCUT2D eigenvalue weighted by Gasteiger charge is -2.26. The molecule has 2 aromatic carbocycles. The molecule has 0 heterocycles. The second-order valence-corrected chi connectivity index (χ2v) is 10.3. The third kappa shape index (κ3) is 6.84. The summed E-state index contributed by atoms with van der Waals surface area (Å²) in [6.07, 6.45) is 10.2. The van der Waals surface area contributed by atoms with E-state index < -0.39 is 0 Å². The Morgan fingerprint density at radius 1 is 0.657 bits per heavy atom. The fourth-order valence-corrected chi connectivity index (χ4v) is 5.73. The van der Waals surface area contributed by atoms with Crippen LogP contribution < -0.4 is 0 Å². The van der Waals surface area contributed by atoms with Crippen molar-refractivity contribution >= 4 is 12.6 Å². The highest BCUT2D eigenvalue weighted by molar-refractivity contribution is 5.54. The van der Waals surface area contributed by atoms with Crippen LogP contribution in [-0.2, 0) is 27.2 Å². The van der Waals surface area contributed by atoms with Gasteiger partial charge in [0.25, 0.3) is 0 Å². The first-order chi connectivity index (χ1) is 17.1. The van der Waals surface area contributed by atoms with E-state index in [1.165, 1.54) is 0 Å². The second kappa shape index (κ2) is 12.5. The SMILES string of the molecule is O=CC1CCC(c2ccc(CCOCCc3ccc(C4CCC(C=O)CC4)c(F)c3)cc2F)CC1. The average molecular weight is 483 g/mol. The largest absolute Gasteiger partial charge is 0.381 e. The molecule has 2 aliphatic rings. The van der Waals surface area contributed by atoms with Crippen molar-refractivity contribution in [1.29, 1.82) is 0 Å². The topological polar surface area (TPSA) is 43.4 Å². The number of hydrogen-bond acceptors (Lipinski definition) is 3. The van der Waals surface area contributed by atoms with Crippen LogP contribution in [0.15, 0.2) is 36.4 Å². The zero-order valence-corrected chi connectivity index (χ0v) is 20.4.